The molecule has 0 saturated heterocycles. The largest absolute Gasteiger partial charge is 0.396 e. The Morgan fingerprint density at radius 3 is 2.62 bits per heavy atom. The van der Waals surface area contributed by atoms with Gasteiger partial charge < -0.3 is 10.8 Å². The van der Waals surface area contributed by atoms with E-state index in [1.54, 1.807) is 0 Å². The molecule has 0 amide bonds. The van der Waals surface area contributed by atoms with Gasteiger partial charge in [0.2, 0.25) is 0 Å². The molecule has 1 aliphatic carbocycles. The average Bonchev–Trinajstić information content (AvgIpc) is 2.14. The van der Waals surface area contributed by atoms with E-state index in [4.69, 9.17) is 10.8 Å². The van der Waals surface area contributed by atoms with Crippen molar-refractivity contribution in [3.05, 3.63) is 12.2 Å². The van der Waals surface area contributed by atoms with Gasteiger partial charge in [0.15, 0.2) is 0 Å². The Labute approximate surface area is 49.0 Å². The zero-order chi connectivity index (χ0) is 5.98. The third kappa shape index (κ3) is 1.08. The van der Waals surface area contributed by atoms with Crippen LogP contribution in [0.3, 0.4) is 0 Å². The van der Waals surface area contributed by atoms with Crippen molar-refractivity contribution in [1.29, 1.82) is 0 Å². The molecule has 8 heavy (non-hydrogen) atoms. The summed E-state index contributed by atoms with van der Waals surface area (Å²) in [5.41, 5.74) is 5.50. The van der Waals surface area contributed by atoms with Crippen LogP contribution in [0.25, 0.3) is 0 Å². The van der Waals surface area contributed by atoms with E-state index in [1.807, 2.05) is 12.2 Å². The first-order valence-corrected chi connectivity index (χ1v) is 2.87. The summed E-state index contributed by atoms with van der Waals surface area (Å²) in [6.45, 7) is 0.240. The second kappa shape index (κ2) is 2.29. The molecule has 1 aliphatic rings. The molecule has 0 aromatic carbocycles. The van der Waals surface area contributed by atoms with Gasteiger partial charge in [-0.3, -0.25) is 0 Å². The summed E-state index contributed by atoms with van der Waals surface area (Å²) in [6, 6.07) is 0.187. The van der Waals surface area contributed by atoms with Crippen molar-refractivity contribution in [2.24, 2.45) is 11.7 Å². The summed E-state index contributed by atoms with van der Waals surface area (Å²) in [4.78, 5) is 0. The normalized spacial score (nSPS) is 36.2. The predicted octanol–water partition coefficient (Wildman–Crippen LogP) is -0.118. The Morgan fingerprint density at radius 1 is 1.62 bits per heavy atom. The van der Waals surface area contributed by atoms with Crippen molar-refractivity contribution in [3.8, 4) is 0 Å². The highest BCUT2D eigenvalue weighted by Gasteiger charge is 2.13. The topological polar surface area (TPSA) is 46.2 Å². The third-order valence-electron chi connectivity index (χ3n) is 1.44. The van der Waals surface area contributed by atoms with Gasteiger partial charge in [-0.1, -0.05) is 12.2 Å². The number of aliphatic hydroxyl groups excluding tert-OH is 1. The predicted molar refractivity (Wildman–Crippen MR) is 32.3 cm³/mol. The van der Waals surface area contributed by atoms with Gasteiger partial charge in [-0.25, -0.2) is 0 Å². The molecular weight excluding hydrogens is 102 g/mol. The van der Waals surface area contributed by atoms with Gasteiger partial charge in [-0.05, 0) is 6.42 Å². The summed E-state index contributed by atoms with van der Waals surface area (Å²) in [5, 5.41) is 8.58. The Balaban J connectivity index is 2.34. The molecule has 0 fully saturated rings. The highest BCUT2D eigenvalue weighted by molar-refractivity contribution is 5.04. The van der Waals surface area contributed by atoms with Gasteiger partial charge >= 0.3 is 0 Å². The first-order chi connectivity index (χ1) is 3.83. The van der Waals surface area contributed by atoms with Gasteiger partial charge in [0.1, 0.15) is 0 Å². The standard InChI is InChI=1S/C6H11NO/c7-6-2-1-5(3-6)4-8/h1-2,5-6,8H,3-4,7H2/t5-,6?/m1/s1. The van der Waals surface area contributed by atoms with Crippen LogP contribution in [-0.4, -0.2) is 17.8 Å². The molecule has 0 spiro atoms. The molecule has 0 aromatic rings. The molecule has 1 unspecified atom stereocenters. The van der Waals surface area contributed by atoms with Crippen LogP contribution in [0.2, 0.25) is 0 Å². The second-order valence-electron chi connectivity index (χ2n) is 2.23. The van der Waals surface area contributed by atoms with E-state index in [1.165, 1.54) is 0 Å². The van der Waals surface area contributed by atoms with Crippen LogP contribution in [0.1, 0.15) is 6.42 Å². The Morgan fingerprint density at radius 2 is 2.38 bits per heavy atom. The van der Waals surface area contributed by atoms with E-state index in [2.05, 4.69) is 0 Å². The number of hydrogen-bond donors (Lipinski definition) is 2. The SMILES string of the molecule is NC1C=C[C@@H](CO)C1. The molecule has 46 valence electrons. The molecule has 3 N–H and O–H groups in total. The van der Waals surface area contributed by atoms with E-state index in [0.717, 1.165) is 6.42 Å². The third-order valence-corrected chi connectivity index (χ3v) is 1.44. The van der Waals surface area contributed by atoms with Gasteiger partial charge in [0.25, 0.3) is 0 Å². The van der Waals surface area contributed by atoms with Crippen LogP contribution in [0.4, 0.5) is 0 Å². The van der Waals surface area contributed by atoms with Crippen LogP contribution in [0.5, 0.6) is 0 Å². The average molecular weight is 113 g/mol. The Kier molecular flexibility index (Phi) is 1.65. The molecule has 2 heteroatoms. The molecule has 2 nitrogen and oxygen atoms in total. The first-order valence-electron chi connectivity index (χ1n) is 2.87. The van der Waals surface area contributed by atoms with E-state index in [9.17, 15) is 0 Å². The minimum Gasteiger partial charge on any atom is -0.396 e. The lowest BCUT2D eigenvalue weighted by Gasteiger charge is -2.02. The molecule has 2 atom stereocenters. The molecule has 0 saturated carbocycles. The highest BCUT2D eigenvalue weighted by Crippen LogP contribution is 2.14. The fourth-order valence-electron chi connectivity index (χ4n) is 0.942. The van der Waals surface area contributed by atoms with Crippen LogP contribution in [0, 0.1) is 5.92 Å². The zero-order valence-corrected chi connectivity index (χ0v) is 4.75. The van der Waals surface area contributed by atoms with Crippen molar-refractivity contribution in [2.75, 3.05) is 6.61 Å². The quantitative estimate of drug-likeness (QED) is 0.466. The van der Waals surface area contributed by atoms with Crippen molar-refractivity contribution in [3.63, 3.8) is 0 Å². The molecule has 1 rings (SSSR count). The van der Waals surface area contributed by atoms with Gasteiger partial charge in [-0.2, -0.15) is 0 Å². The van der Waals surface area contributed by atoms with Gasteiger partial charge in [0, 0.05) is 18.6 Å². The lowest BCUT2D eigenvalue weighted by molar-refractivity contribution is 0.249. The molecular formula is C6H11NO. The summed E-state index contributed by atoms with van der Waals surface area (Å²) < 4.78 is 0. The number of nitrogens with two attached hydrogens (primary N) is 1. The maximum Gasteiger partial charge on any atom is 0.0494 e. The first kappa shape index (κ1) is 5.79. The maximum absolute atomic E-state index is 8.58. The number of aliphatic hydroxyl groups is 1. The van der Waals surface area contributed by atoms with Gasteiger partial charge in [-0.15, -0.1) is 0 Å². The van der Waals surface area contributed by atoms with Crippen LogP contribution in [-0.2, 0) is 0 Å². The summed E-state index contributed by atoms with van der Waals surface area (Å²) in [6.07, 6.45) is 4.84. The smallest absolute Gasteiger partial charge is 0.0494 e. The monoisotopic (exact) mass is 113 g/mol. The molecule has 0 aromatic heterocycles. The minimum atomic E-state index is 0.187. The van der Waals surface area contributed by atoms with E-state index >= 15 is 0 Å². The zero-order valence-electron chi connectivity index (χ0n) is 4.75. The Bertz CT molecular complexity index is 101. The summed E-state index contributed by atoms with van der Waals surface area (Å²) in [5.74, 6) is 0.324. The van der Waals surface area contributed by atoms with Crippen LogP contribution in [0.15, 0.2) is 12.2 Å². The highest BCUT2D eigenvalue weighted by atomic mass is 16.3. The number of hydrogen-bond acceptors (Lipinski definition) is 2. The van der Waals surface area contributed by atoms with E-state index < -0.39 is 0 Å². The van der Waals surface area contributed by atoms with Crippen molar-refractivity contribution in [2.45, 2.75) is 12.5 Å². The lowest BCUT2D eigenvalue weighted by Crippen LogP contribution is -2.15. The fraction of sp³-hybridized carbons (Fsp3) is 0.667. The number of rotatable bonds is 1. The van der Waals surface area contributed by atoms with Crippen molar-refractivity contribution >= 4 is 0 Å². The fourth-order valence-corrected chi connectivity index (χ4v) is 0.942. The van der Waals surface area contributed by atoms with Crippen LogP contribution >= 0.6 is 0 Å². The molecule has 0 bridgehead atoms. The van der Waals surface area contributed by atoms with Crippen LogP contribution < -0.4 is 5.73 Å². The van der Waals surface area contributed by atoms with Crippen molar-refractivity contribution in [1.82, 2.24) is 0 Å². The van der Waals surface area contributed by atoms with Gasteiger partial charge in [0.05, 0.1) is 0 Å². The molecule has 0 aliphatic heterocycles. The maximum atomic E-state index is 8.58. The summed E-state index contributed by atoms with van der Waals surface area (Å²) in [7, 11) is 0. The molecule has 0 heterocycles. The lowest BCUT2D eigenvalue weighted by atomic mass is 10.1. The summed E-state index contributed by atoms with van der Waals surface area (Å²) >= 11 is 0. The minimum absolute atomic E-state index is 0.187. The van der Waals surface area contributed by atoms with Crippen molar-refractivity contribution < 1.29 is 5.11 Å². The molecule has 0 radical (unpaired) electrons. The van der Waals surface area contributed by atoms with E-state index in [-0.39, 0.29) is 12.6 Å². The second-order valence-corrected chi connectivity index (χ2v) is 2.23. The van der Waals surface area contributed by atoms with E-state index in [0.29, 0.717) is 5.92 Å². The Hall–Kier alpha value is -0.340.